The molecule has 0 amide bonds. The monoisotopic (exact) mass is 327 g/mol. The van der Waals surface area contributed by atoms with Crippen LogP contribution in [0.15, 0.2) is 48.5 Å². The number of phenols is 1. The van der Waals surface area contributed by atoms with Crippen LogP contribution >= 0.6 is 0 Å². The van der Waals surface area contributed by atoms with E-state index < -0.39 is 4.92 Å². The minimum absolute atomic E-state index is 0.0190. The normalized spacial score (nSPS) is 16.2. The van der Waals surface area contributed by atoms with Gasteiger partial charge in [0.05, 0.1) is 4.92 Å². The van der Waals surface area contributed by atoms with Crippen LogP contribution in [0.1, 0.15) is 11.1 Å². The SMILES string of the molecule is O=[N+]([O-])c1ccc(O)c(CN2CCN(Cc3ccccc3)CC2)c1. The predicted octanol–water partition coefficient (Wildman–Crippen LogP) is 2.62. The van der Waals surface area contributed by atoms with E-state index in [1.165, 1.54) is 23.8 Å². The zero-order chi connectivity index (χ0) is 16.9. The molecule has 0 atom stereocenters. The van der Waals surface area contributed by atoms with Crippen molar-refractivity contribution in [2.24, 2.45) is 0 Å². The van der Waals surface area contributed by atoms with Gasteiger partial charge in [0, 0.05) is 57.0 Å². The number of aromatic hydroxyl groups is 1. The number of hydrogen-bond acceptors (Lipinski definition) is 5. The number of piperazine rings is 1. The second kappa shape index (κ2) is 7.42. The van der Waals surface area contributed by atoms with Crippen molar-refractivity contribution in [1.82, 2.24) is 9.80 Å². The first-order valence-electron chi connectivity index (χ1n) is 8.07. The Balaban J connectivity index is 1.56. The Labute approximate surface area is 141 Å². The molecule has 6 heteroatoms. The topological polar surface area (TPSA) is 69.8 Å². The van der Waals surface area contributed by atoms with Gasteiger partial charge in [-0.1, -0.05) is 30.3 Å². The second-order valence-corrected chi connectivity index (χ2v) is 6.11. The molecule has 0 aliphatic carbocycles. The van der Waals surface area contributed by atoms with E-state index in [1.54, 1.807) is 0 Å². The van der Waals surface area contributed by atoms with E-state index in [-0.39, 0.29) is 11.4 Å². The number of phenolic OH excluding ortho intramolecular Hbond substituents is 1. The maximum Gasteiger partial charge on any atom is 0.270 e. The van der Waals surface area contributed by atoms with Crippen molar-refractivity contribution >= 4 is 5.69 Å². The highest BCUT2D eigenvalue weighted by molar-refractivity contribution is 5.42. The van der Waals surface area contributed by atoms with E-state index >= 15 is 0 Å². The van der Waals surface area contributed by atoms with E-state index in [0.29, 0.717) is 12.1 Å². The summed E-state index contributed by atoms with van der Waals surface area (Å²) in [4.78, 5) is 15.1. The smallest absolute Gasteiger partial charge is 0.270 e. The number of benzene rings is 2. The summed E-state index contributed by atoms with van der Waals surface area (Å²) in [6.07, 6.45) is 0. The van der Waals surface area contributed by atoms with Gasteiger partial charge in [-0.3, -0.25) is 19.9 Å². The summed E-state index contributed by atoms with van der Waals surface area (Å²) < 4.78 is 0. The number of rotatable bonds is 5. The Hall–Kier alpha value is -2.44. The zero-order valence-electron chi connectivity index (χ0n) is 13.5. The molecule has 1 saturated heterocycles. The number of nitro groups is 1. The fraction of sp³-hybridized carbons (Fsp3) is 0.333. The van der Waals surface area contributed by atoms with Crippen LogP contribution in [0.4, 0.5) is 5.69 Å². The van der Waals surface area contributed by atoms with Crippen LogP contribution in [0.2, 0.25) is 0 Å². The quantitative estimate of drug-likeness (QED) is 0.675. The summed E-state index contributed by atoms with van der Waals surface area (Å²) in [5.41, 5.74) is 1.94. The van der Waals surface area contributed by atoms with Crippen LogP contribution in [0.5, 0.6) is 5.75 Å². The van der Waals surface area contributed by atoms with Crippen LogP contribution in [0.3, 0.4) is 0 Å². The van der Waals surface area contributed by atoms with Gasteiger partial charge in [-0.25, -0.2) is 0 Å². The summed E-state index contributed by atoms with van der Waals surface area (Å²) >= 11 is 0. The van der Waals surface area contributed by atoms with Crippen molar-refractivity contribution in [2.45, 2.75) is 13.1 Å². The van der Waals surface area contributed by atoms with Crippen molar-refractivity contribution in [1.29, 1.82) is 0 Å². The molecular formula is C18H21N3O3. The third-order valence-electron chi connectivity index (χ3n) is 4.38. The molecule has 1 heterocycles. The van der Waals surface area contributed by atoms with Gasteiger partial charge in [0.2, 0.25) is 0 Å². The summed E-state index contributed by atoms with van der Waals surface area (Å²) in [6, 6.07) is 14.6. The molecule has 6 nitrogen and oxygen atoms in total. The second-order valence-electron chi connectivity index (χ2n) is 6.11. The highest BCUT2D eigenvalue weighted by Gasteiger charge is 2.19. The van der Waals surface area contributed by atoms with Gasteiger partial charge in [-0.05, 0) is 11.6 Å². The van der Waals surface area contributed by atoms with Crippen LogP contribution in [-0.2, 0) is 13.1 Å². The molecule has 0 spiro atoms. The van der Waals surface area contributed by atoms with Gasteiger partial charge < -0.3 is 5.11 Å². The van der Waals surface area contributed by atoms with E-state index in [2.05, 4.69) is 34.1 Å². The first kappa shape index (κ1) is 16.4. The molecule has 0 bridgehead atoms. The van der Waals surface area contributed by atoms with Crippen LogP contribution in [0, 0.1) is 10.1 Å². The minimum atomic E-state index is -0.430. The zero-order valence-corrected chi connectivity index (χ0v) is 13.5. The van der Waals surface area contributed by atoms with Crippen LogP contribution in [-0.4, -0.2) is 46.0 Å². The van der Waals surface area contributed by atoms with Crippen molar-refractivity contribution in [3.8, 4) is 5.75 Å². The average Bonchev–Trinajstić information content (AvgIpc) is 2.59. The van der Waals surface area contributed by atoms with Gasteiger partial charge in [0.25, 0.3) is 5.69 Å². The first-order valence-corrected chi connectivity index (χ1v) is 8.07. The average molecular weight is 327 g/mol. The standard InChI is InChI=1S/C18H21N3O3/c22-18-7-6-17(21(23)24)12-16(18)14-20-10-8-19(9-11-20)13-15-4-2-1-3-5-15/h1-7,12,22H,8-11,13-14H2. The molecule has 0 saturated carbocycles. The Morgan fingerprint density at radius 3 is 2.21 bits per heavy atom. The van der Waals surface area contributed by atoms with Crippen LogP contribution < -0.4 is 0 Å². The molecule has 3 rings (SSSR count). The Bertz CT molecular complexity index is 698. The highest BCUT2D eigenvalue weighted by atomic mass is 16.6. The lowest BCUT2D eigenvalue weighted by atomic mass is 10.1. The van der Waals surface area contributed by atoms with Gasteiger partial charge in [-0.2, -0.15) is 0 Å². The molecule has 2 aromatic rings. The molecular weight excluding hydrogens is 306 g/mol. The van der Waals surface area contributed by atoms with Crippen molar-refractivity contribution in [3.05, 3.63) is 69.8 Å². The molecule has 2 aromatic carbocycles. The predicted molar refractivity (Wildman–Crippen MR) is 91.8 cm³/mol. The molecule has 1 N–H and O–H groups in total. The van der Waals surface area contributed by atoms with E-state index in [0.717, 1.165) is 32.7 Å². The largest absolute Gasteiger partial charge is 0.508 e. The molecule has 126 valence electrons. The van der Waals surface area contributed by atoms with E-state index in [9.17, 15) is 15.2 Å². The Kier molecular flexibility index (Phi) is 5.08. The van der Waals surface area contributed by atoms with Crippen molar-refractivity contribution < 1.29 is 10.0 Å². The van der Waals surface area contributed by atoms with E-state index in [4.69, 9.17) is 0 Å². The lowest BCUT2D eigenvalue weighted by molar-refractivity contribution is -0.385. The number of non-ortho nitro benzene ring substituents is 1. The number of nitrogens with zero attached hydrogens (tertiary/aromatic N) is 3. The van der Waals surface area contributed by atoms with E-state index in [1.807, 2.05) is 6.07 Å². The summed E-state index contributed by atoms with van der Waals surface area (Å²) in [6.45, 7) is 5.14. The maximum absolute atomic E-state index is 10.9. The minimum Gasteiger partial charge on any atom is -0.508 e. The van der Waals surface area contributed by atoms with Gasteiger partial charge in [0.1, 0.15) is 5.75 Å². The summed E-state index contributed by atoms with van der Waals surface area (Å²) in [5.74, 6) is 0.118. The summed E-state index contributed by atoms with van der Waals surface area (Å²) in [7, 11) is 0. The van der Waals surface area contributed by atoms with Crippen LogP contribution in [0.25, 0.3) is 0 Å². The van der Waals surface area contributed by atoms with Crippen molar-refractivity contribution in [3.63, 3.8) is 0 Å². The molecule has 1 aliphatic heterocycles. The molecule has 1 aliphatic rings. The third kappa shape index (κ3) is 4.10. The first-order chi connectivity index (χ1) is 11.6. The molecule has 0 radical (unpaired) electrons. The van der Waals surface area contributed by atoms with Crippen molar-refractivity contribution in [2.75, 3.05) is 26.2 Å². The molecule has 24 heavy (non-hydrogen) atoms. The fourth-order valence-electron chi connectivity index (χ4n) is 3.00. The number of hydrogen-bond donors (Lipinski definition) is 1. The number of nitro benzene ring substituents is 1. The maximum atomic E-state index is 10.9. The van der Waals surface area contributed by atoms with Gasteiger partial charge >= 0.3 is 0 Å². The molecule has 0 aromatic heterocycles. The Morgan fingerprint density at radius 1 is 0.958 bits per heavy atom. The third-order valence-corrected chi connectivity index (χ3v) is 4.38. The summed E-state index contributed by atoms with van der Waals surface area (Å²) in [5, 5.41) is 20.8. The Morgan fingerprint density at radius 2 is 1.58 bits per heavy atom. The lowest BCUT2D eigenvalue weighted by Crippen LogP contribution is -2.45. The molecule has 1 fully saturated rings. The van der Waals surface area contributed by atoms with Gasteiger partial charge in [0.15, 0.2) is 0 Å². The highest BCUT2D eigenvalue weighted by Crippen LogP contribution is 2.24. The molecule has 0 unspecified atom stereocenters. The van der Waals surface area contributed by atoms with Gasteiger partial charge in [-0.15, -0.1) is 0 Å². The lowest BCUT2D eigenvalue weighted by Gasteiger charge is -2.34. The fourth-order valence-corrected chi connectivity index (χ4v) is 3.00.